The van der Waals surface area contributed by atoms with Gasteiger partial charge >= 0.3 is 5.97 Å². The molecule has 1 aliphatic rings. The molecule has 0 N–H and O–H groups in total. The Morgan fingerprint density at radius 2 is 2.08 bits per heavy atom. The predicted octanol–water partition coefficient (Wildman–Crippen LogP) is 2.81. The average Bonchev–Trinajstić information content (AvgIpc) is 2.10. The van der Waals surface area contributed by atoms with Crippen LogP contribution >= 0.6 is 0 Å². The average molecular weight is 200 g/mol. The summed E-state index contributed by atoms with van der Waals surface area (Å²) in [6.45, 7) is 6.98. The first-order valence-corrected chi connectivity index (χ1v) is 8.87. The van der Waals surface area contributed by atoms with E-state index in [0.717, 1.165) is 25.3 Å². The lowest BCUT2D eigenvalue weighted by atomic mass is 10.2. The van der Waals surface area contributed by atoms with Crippen molar-refractivity contribution < 1.29 is 9.53 Å². The molecule has 2 nitrogen and oxygen atoms in total. The molecule has 1 saturated heterocycles. The summed E-state index contributed by atoms with van der Waals surface area (Å²) in [5.41, 5.74) is 0. The van der Waals surface area contributed by atoms with E-state index in [4.69, 9.17) is 4.74 Å². The van der Waals surface area contributed by atoms with Crippen LogP contribution in [-0.4, -0.2) is 20.1 Å². The molecule has 0 spiro atoms. The summed E-state index contributed by atoms with van der Waals surface area (Å²) in [7, 11) is -1.07. The first-order valence-electron chi connectivity index (χ1n) is 5.17. The Kier molecular flexibility index (Phi) is 3.53. The summed E-state index contributed by atoms with van der Waals surface area (Å²) in [5, 5.41) is 0. The van der Waals surface area contributed by atoms with E-state index < -0.39 is 8.07 Å². The maximum Gasteiger partial charge on any atom is 0.306 e. The van der Waals surface area contributed by atoms with Crippen LogP contribution in [0.4, 0.5) is 0 Å². The standard InChI is InChI=1S/C10H20O2Si/c1-13(2,3)8-9-6-4-5-7-10(11)12-9/h9H,4-8H2,1-3H3. The molecular formula is C10H20O2Si. The number of cyclic esters (lactones) is 1. The van der Waals surface area contributed by atoms with E-state index in [2.05, 4.69) is 19.6 Å². The molecule has 1 atom stereocenters. The first kappa shape index (κ1) is 10.8. The van der Waals surface area contributed by atoms with Crippen molar-refractivity contribution in [1.29, 1.82) is 0 Å². The van der Waals surface area contributed by atoms with Crippen LogP contribution in [0.1, 0.15) is 25.7 Å². The van der Waals surface area contributed by atoms with Crippen molar-refractivity contribution in [2.75, 3.05) is 0 Å². The topological polar surface area (TPSA) is 26.3 Å². The minimum absolute atomic E-state index is 0.0146. The van der Waals surface area contributed by atoms with Gasteiger partial charge in [0.05, 0.1) is 6.10 Å². The van der Waals surface area contributed by atoms with Crippen molar-refractivity contribution in [1.82, 2.24) is 0 Å². The summed E-state index contributed by atoms with van der Waals surface area (Å²) in [6, 6.07) is 1.12. The second kappa shape index (κ2) is 4.27. The molecule has 0 saturated carbocycles. The predicted molar refractivity (Wildman–Crippen MR) is 56.5 cm³/mol. The first-order chi connectivity index (χ1) is 5.97. The highest BCUT2D eigenvalue weighted by molar-refractivity contribution is 6.76. The van der Waals surface area contributed by atoms with Gasteiger partial charge in [-0.2, -0.15) is 0 Å². The van der Waals surface area contributed by atoms with E-state index in [0.29, 0.717) is 6.42 Å². The van der Waals surface area contributed by atoms with Gasteiger partial charge in [-0.05, 0) is 25.3 Å². The molecule has 1 aliphatic heterocycles. The maximum absolute atomic E-state index is 11.2. The van der Waals surface area contributed by atoms with Crippen LogP contribution in [-0.2, 0) is 9.53 Å². The van der Waals surface area contributed by atoms with E-state index in [9.17, 15) is 4.79 Å². The van der Waals surface area contributed by atoms with Gasteiger partial charge in [0.15, 0.2) is 0 Å². The molecule has 13 heavy (non-hydrogen) atoms. The Labute approximate surface area is 81.7 Å². The van der Waals surface area contributed by atoms with E-state index in [-0.39, 0.29) is 12.1 Å². The molecule has 0 aromatic rings. The lowest BCUT2D eigenvalue weighted by Gasteiger charge is -2.22. The van der Waals surface area contributed by atoms with Crippen LogP contribution in [0.5, 0.6) is 0 Å². The molecule has 1 heterocycles. The number of esters is 1. The maximum atomic E-state index is 11.2. The van der Waals surface area contributed by atoms with Gasteiger partial charge in [-0.1, -0.05) is 19.6 Å². The fraction of sp³-hybridized carbons (Fsp3) is 0.900. The fourth-order valence-corrected chi connectivity index (χ4v) is 3.43. The molecule has 76 valence electrons. The van der Waals surface area contributed by atoms with Crippen molar-refractivity contribution in [3.8, 4) is 0 Å². The Morgan fingerprint density at radius 1 is 1.38 bits per heavy atom. The van der Waals surface area contributed by atoms with Crippen LogP contribution in [0.25, 0.3) is 0 Å². The van der Waals surface area contributed by atoms with Gasteiger partial charge in [-0.3, -0.25) is 4.79 Å². The number of rotatable bonds is 2. The van der Waals surface area contributed by atoms with E-state index in [1.807, 2.05) is 0 Å². The lowest BCUT2D eigenvalue weighted by molar-refractivity contribution is -0.147. The highest BCUT2D eigenvalue weighted by Gasteiger charge is 2.24. The van der Waals surface area contributed by atoms with Crippen LogP contribution in [0, 0.1) is 0 Å². The number of carbonyl (C=O) groups excluding carboxylic acids is 1. The van der Waals surface area contributed by atoms with E-state index in [1.165, 1.54) is 0 Å². The Hall–Kier alpha value is -0.313. The molecule has 0 bridgehead atoms. The normalized spacial score (nSPS) is 25.2. The third-order valence-electron chi connectivity index (χ3n) is 2.30. The van der Waals surface area contributed by atoms with E-state index in [1.54, 1.807) is 0 Å². The quantitative estimate of drug-likeness (QED) is 0.506. The van der Waals surface area contributed by atoms with Gasteiger partial charge in [0, 0.05) is 14.5 Å². The largest absolute Gasteiger partial charge is 0.463 e. The van der Waals surface area contributed by atoms with Gasteiger partial charge < -0.3 is 4.74 Å². The smallest absolute Gasteiger partial charge is 0.306 e. The van der Waals surface area contributed by atoms with E-state index >= 15 is 0 Å². The van der Waals surface area contributed by atoms with Crippen molar-refractivity contribution in [2.45, 2.75) is 57.5 Å². The number of hydrogen-bond donors (Lipinski definition) is 0. The van der Waals surface area contributed by atoms with Gasteiger partial charge in [0.25, 0.3) is 0 Å². The van der Waals surface area contributed by atoms with Gasteiger partial charge in [0.1, 0.15) is 0 Å². The molecule has 0 aromatic heterocycles. The zero-order valence-corrected chi connectivity index (χ0v) is 9.93. The fourth-order valence-electron chi connectivity index (χ4n) is 1.77. The van der Waals surface area contributed by atoms with Crippen LogP contribution in [0.2, 0.25) is 25.7 Å². The lowest BCUT2D eigenvalue weighted by Crippen LogP contribution is -2.29. The highest BCUT2D eigenvalue weighted by Crippen LogP contribution is 2.22. The van der Waals surface area contributed by atoms with Gasteiger partial charge in [-0.25, -0.2) is 0 Å². The molecule has 1 unspecified atom stereocenters. The monoisotopic (exact) mass is 200 g/mol. The highest BCUT2D eigenvalue weighted by atomic mass is 28.3. The Balaban J connectivity index is 2.44. The van der Waals surface area contributed by atoms with Crippen molar-refractivity contribution >= 4 is 14.0 Å². The molecule has 0 aromatic carbocycles. The molecule has 0 amide bonds. The molecule has 0 radical (unpaired) electrons. The third-order valence-corrected chi connectivity index (χ3v) is 3.98. The number of carbonyl (C=O) groups is 1. The third kappa shape index (κ3) is 4.46. The number of ether oxygens (including phenoxy) is 1. The summed E-state index contributed by atoms with van der Waals surface area (Å²) in [6.07, 6.45) is 4.10. The molecule has 1 rings (SSSR count). The summed E-state index contributed by atoms with van der Waals surface area (Å²) >= 11 is 0. The van der Waals surface area contributed by atoms with Crippen molar-refractivity contribution in [3.05, 3.63) is 0 Å². The second-order valence-electron chi connectivity index (χ2n) is 5.12. The molecule has 1 fully saturated rings. The Bertz CT molecular complexity index is 184. The van der Waals surface area contributed by atoms with Crippen LogP contribution < -0.4 is 0 Å². The second-order valence-corrected chi connectivity index (χ2v) is 10.7. The summed E-state index contributed by atoms with van der Waals surface area (Å²) < 4.78 is 5.38. The zero-order chi connectivity index (χ0) is 9.90. The SMILES string of the molecule is C[Si](C)(C)CC1CCCCC(=O)O1. The van der Waals surface area contributed by atoms with Crippen molar-refractivity contribution in [3.63, 3.8) is 0 Å². The zero-order valence-electron chi connectivity index (χ0n) is 8.93. The summed E-state index contributed by atoms with van der Waals surface area (Å²) in [5.74, 6) is 0.0146. The molecule has 3 heteroatoms. The minimum Gasteiger partial charge on any atom is -0.463 e. The molecule has 0 aliphatic carbocycles. The van der Waals surface area contributed by atoms with Gasteiger partial charge in [0.2, 0.25) is 0 Å². The van der Waals surface area contributed by atoms with Crippen LogP contribution in [0.3, 0.4) is 0 Å². The minimum atomic E-state index is -1.07. The van der Waals surface area contributed by atoms with Gasteiger partial charge in [-0.15, -0.1) is 0 Å². The van der Waals surface area contributed by atoms with Crippen LogP contribution in [0.15, 0.2) is 0 Å². The summed E-state index contributed by atoms with van der Waals surface area (Å²) in [4.78, 5) is 11.2. The molecular weight excluding hydrogens is 180 g/mol. The van der Waals surface area contributed by atoms with Crippen molar-refractivity contribution in [2.24, 2.45) is 0 Å². The Morgan fingerprint density at radius 3 is 2.69 bits per heavy atom. The number of hydrogen-bond acceptors (Lipinski definition) is 2.